The number of rotatable bonds is 5. The maximum Gasteiger partial charge on any atom is 0.417 e. The number of alkyl halides is 3. The summed E-state index contributed by atoms with van der Waals surface area (Å²) in [4.78, 5) is 20.7. The average Bonchev–Trinajstić information content (AvgIpc) is 2.78. The molecule has 0 aliphatic heterocycles. The number of halogens is 4. The Labute approximate surface area is 183 Å². The van der Waals surface area contributed by atoms with Gasteiger partial charge in [0.05, 0.1) is 28.3 Å². The van der Waals surface area contributed by atoms with Crippen molar-refractivity contribution in [2.45, 2.75) is 12.3 Å². The second-order valence-corrected chi connectivity index (χ2v) is 7.05. The SMILES string of the molecule is OC[C@H](O)c1cnc(-c2ccc3c(Nc4ccc(C(F)(F)F)cn4)ncnc3n2)c(Cl)c1. The summed E-state index contributed by atoms with van der Waals surface area (Å²) >= 11 is 6.27. The summed E-state index contributed by atoms with van der Waals surface area (Å²) in [6.45, 7) is -0.466. The van der Waals surface area contributed by atoms with E-state index in [1.807, 2.05) is 0 Å². The van der Waals surface area contributed by atoms with E-state index < -0.39 is 24.5 Å². The summed E-state index contributed by atoms with van der Waals surface area (Å²) < 4.78 is 38.1. The monoisotopic (exact) mass is 462 g/mol. The van der Waals surface area contributed by atoms with Crippen LogP contribution in [0.1, 0.15) is 17.2 Å². The highest BCUT2D eigenvalue weighted by Crippen LogP contribution is 2.31. The Kier molecular flexibility index (Phi) is 5.87. The van der Waals surface area contributed by atoms with E-state index in [0.717, 1.165) is 12.3 Å². The number of nitrogens with zero attached hydrogens (tertiary/aromatic N) is 5. The zero-order chi connectivity index (χ0) is 22.9. The number of aliphatic hydroxyl groups is 2. The van der Waals surface area contributed by atoms with Gasteiger partial charge in [0.15, 0.2) is 5.65 Å². The van der Waals surface area contributed by atoms with Gasteiger partial charge in [0, 0.05) is 18.0 Å². The predicted molar refractivity (Wildman–Crippen MR) is 110 cm³/mol. The third-order valence-corrected chi connectivity index (χ3v) is 4.79. The van der Waals surface area contributed by atoms with Crippen molar-refractivity contribution in [3.05, 3.63) is 65.2 Å². The molecule has 4 aromatic rings. The molecular formula is C20H14ClF3N6O2. The molecule has 8 nitrogen and oxygen atoms in total. The third-order valence-electron chi connectivity index (χ3n) is 4.50. The van der Waals surface area contributed by atoms with Gasteiger partial charge in [0.25, 0.3) is 0 Å². The van der Waals surface area contributed by atoms with Gasteiger partial charge in [-0.2, -0.15) is 13.2 Å². The molecular weight excluding hydrogens is 449 g/mol. The highest BCUT2D eigenvalue weighted by Gasteiger charge is 2.30. The smallest absolute Gasteiger partial charge is 0.393 e. The lowest BCUT2D eigenvalue weighted by Gasteiger charge is -2.11. The number of hydrogen-bond donors (Lipinski definition) is 3. The molecule has 0 aliphatic carbocycles. The molecule has 4 aromatic heterocycles. The summed E-state index contributed by atoms with van der Waals surface area (Å²) in [5.41, 5.74) is 0.553. The maximum absolute atomic E-state index is 12.7. The molecule has 0 bridgehead atoms. The van der Waals surface area contributed by atoms with Gasteiger partial charge in [-0.05, 0) is 30.3 Å². The second-order valence-electron chi connectivity index (χ2n) is 6.64. The molecule has 12 heteroatoms. The number of anilines is 2. The molecule has 164 valence electrons. The Morgan fingerprint density at radius 2 is 1.84 bits per heavy atom. The quantitative estimate of drug-likeness (QED) is 0.408. The lowest BCUT2D eigenvalue weighted by Crippen LogP contribution is -2.06. The largest absolute Gasteiger partial charge is 0.417 e. The van der Waals surface area contributed by atoms with E-state index in [4.69, 9.17) is 16.7 Å². The topological polar surface area (TPSA) is 117 Å². The van der Waals surface area contributed by atoms with Gasteiger partial charge in [0.2, 0.25) is 0 Å². The van der Waals surface area contributed by atoms with Crippen molar-refractivity contribution in [3.8, 4) is 11.4 Å². The maximum atomic E-state index is 12.7. The lowest BCUT2D eigenvalue weighted by atomic mass is 10.1. The van der Waals surface area contributed by atoms with E-state index in [1.54, 1.807) is 12.1 Å². The van der Waals surface area contributed by atoms with Crippen LogP contribution in [0.5, 0.6) is 0 Å². The standard InChI is InChI=1S/C20H14ClF3N6O2/c21-13-5-10(15(32)8-31)6-26-17(13)14-3-2-12-18(29-14)27-9-28-19(12)30-16-4-1-11(7-25-16)20(22,23)24/h1-7,9,15,31-32H,8H2,(H,25,27,28,29,30)/t15-/m0/s1. The molecule has 0 spiro atoms. The van der Waals surface area contributed by atoms with Crippen LogP contribution < -0.4 is 5.32 Å². The summed E-state index contributed by atoms with van der Waals surface area (Å²) in [5.74, 6) is 0.478. The number of pyridine rings is 3. The number of aliphatic hydroxyl groups excluding tert-OH is 2. The van der Waals surface area contributed by atoms with Crippen molar-refractivity contribution < 1.29 is 23.4 Å². The van der Waals surface area contributed by atoms with Crippen LogP contribution in [0.4, 0.5) is 24.8 Å². The molecule has 0 fully saturated rings. The van der Waals surface area contributed by atoms with Gasteiger partial charge in [-0.1, -0.05) is 11.6 Å². The molecule has 0 unspecified atom stereocenters. The summed E-state index contributed by atoms with van der Waals surface area (Å²) in [6.07, 6.45) is -2.21. The fourth-order valence-corrected chi connectivity index (χ4v) is 3.13. The Bertz CT molecular complexity index is 1270. The van der Waals surface area contributed by atoms with Crippen LogP contribution in [0.3, 0.4) is 0 Å². The lowest BCUT2D eigenvalue weighted by molar-refractivity contribution is -0.137. The van der Waals surface area contributed by atoms with E-state index in [-0.39, 0.29) is 10.8 Å². The summed E-state index contributed by atoms with van der Waals surface area (Å²) in [5, 5.41) is 22.4. The molecule has 32 heavy (non-hydrogen) atoms. The molecule has 1 atom stereocenters. The molecule has 3 N–H and O–H groups in total. The van der Waals surface area contributed by atoms with Crippen LogP contribution in [-0.4, -0.2) is 41.7 Å². The fraction of sp³-hybridized carbons (Fsp3) is 0.150. The average molecular weight is 463 g/mol. The normalized spacial score (nSPS) is 12.7. The van der Waals surface area contributed by atoms with Gasteiger partial charge < -0.3 is 15.5 Å². The van der Waals surface area contributed by atoms with Crippen molar-refractivity contribution in [3.63, 3.8) is 0 Å². The molecule has 4 heterocycles. The predicted octanol–water partition coefficient (Wildman–Crippen LogP) is 3.92. The van der Waals surface area contributed by atoms with Gasteiger partial charge >= 0.3 is 6.18 Å². The van der Waals surface area contributed by atoms with Gasteiger partial charge in [-0.25, -0.2) is 19.9 Å². The van der Waals surface area contributed by atoms with Crippen molar-refractivity contribution in [1.29, 1.82) is 0 Å². The van der Waals surface area contributed by atoms with Crippen molar-refractivity contribution >= 4 is 34.3 Å². The first-order chi connectivity index (χ1) is 15.3. The minimum Gasteiger partial charge on any atom is -0.393 e. The van der Waals surface area contributed by atoms with Crippen molar-refractivity contribution in [2.75, 3.05) is 11.9 Å². The number of aromatic nitrogens is 5. The van der Waals surface area contributed by atoms with Gasteiger partial charge in [0.1, 0.15) is 29.8 Å². The first-order valence-electron chi connectivity index (χ1n) is 9.13. The Morgan fingerprint density at radius 3 is 2.50 bits per heavy atom. The van der Waals surface area contributed by atoms with Crippen LogP contribution in [0.15, 0.2) is 49.1 Å². The van der Waals surface area contributed by atoms with E-state index in [0.29, 0.717) is 33.8 Å². The summed E-state index contributed by atoms with van der Waals surface area (Å²) in [6, 6.07) is 6.90. The molecule has 0 saturated carbocycles. The Balaban J connectivity index is 1.64. The van der Waals surface area contributed by atoms with E-state index in [9.17, 15) is 18.3 Å². The van der Waals surface area contributed by atoms with Crippen molar-refractivity contribution in [1.82, 2.24) is 24.9 Å². The molecule has 0 aromatic carbocycles. The Morgan fingerprint density at radius 1 is 1.03 bits per heavy atom. The second kappa shape index (κ2) is 8.61. The first-order valence-corrected chi connectivity index (χ1v) is 9.51. The van der Waals surface area contributed by atoms with E-state index >= 15 is 0 Å². The minimum absolute atomic E-state index is 0.171. The van der Waals surface area contributed by atoms with Crippen molar-refractivity contribution in [2.24, 2.45) is 0 Å². The fourth-order valence-electron chi connectivity index (χ4n) is 2.86. The third kappa shape index (κ3) is 4.44. The van der Waals surface area contributed by atoms with Crippen LogP contribution in [0, 0.1) is 0 Å². The van der Waals surface area contributed by atoms with Crippen LogP contribution >= 0.6 is 11.6 Å². The Hall–Kier alpha value is -3.41. The number of nitrogens with one attached hydrogen (secondary N) is 1. The van der Waals surface area contributed by atoms with Crippen LogP contribution in [-0.2, 0) is 6.18 Å². The zero-order valence-electron chi connectivity index (χ0n) is 16.0. The molecule has 0 saturated heterocycles. The molecule has 0 radical (unpaired) electrons. The van der Waals surface area contributed by atoms with Crippen LogP contribution in [0.25, 0.3) is 22.4 Å². The minimum atomic E-state index is -4.48. The highest BCUT2D eigenvalue weighted by molar-refractivity contribution is 6.33. The van der Waals surface area contributed by atoms with E-state index in [2.05, 4.69) is 30.2 Å². The highest BCUT2D eigenvalue weighted by atomic mass is 35.5. The van der Waals surface area contributed by atoms with Gasteiger partial charge in [-0.15, -0.1) is 0 Å². The molecule has 4 rings (SSSR count). The number of hydrogen-bond acceptors (Lipinski definition) is 8. The zero-order valence-corrected chi connectivity index (χ0v) is 16.8. The van der Waals surface area contributed by atoms with E-state index in [1.165, 1.54) is 24.7 Å². The summed E-state index contributed by atoms with van der Waals surface area (Å²) in [7, 11) is 0. The number of fused-ring (bicyclic) bond motifs is 1. The molecule has 0 amide bonds. The van der Waals surface area contributed by atoms with Gasteiger partial charge in [-0.3, -0.25) is 4.98 Å². The first kappa shape index (κ1) is 21.8. The van der Waals surface area contributed by atoms with Crippen LogP contribution in [0.2, 0.25) is 5.02 Å². The molecule has 0 aliphatic rings.